The van der Waals surface area contributed by atoms with Crippen molar-refractivity contribution in [1.29, 1.82) is 0 Å². The molecule has 0 aliphatic carbocycles. The van der Waals surface area contributed by atoms with E-state index in [-0.39, 0.29) is 18.4 Å². The van der Waals surface area contributed by atoms with Gasteiger partial charge in [-0.1, -0.05) is 0 Å². The molecule has 3 N–H and O–H groups in total. The van der Waals surface area contributed by atoms with E-state index in [1.165, 1.54) is 6.07 Å². The molecule has 0 spiro atoms. The highest BCUT2D eigenvalue weighted by molar-refractivity contribution is 5.59. The fourth-order valence-corrected chi connectivity index (χ4v) is 2.05. The Labute approximate surface area is 108 Å². The van der Waals surface area contributed by atoms with Gasteiger partial charge in [-0.25, -0.2) is 0 Å². The van der Waals surface area contributed by atoms with Gasteiger partial charge in [0.15, 0.2) is 0 Å². The fourth-order valence-electron chi connectivity index (χ4n) is 2.05. The fraction of sp³-hybridized carbons (Fsp3) is 0.500. The zero-order chi connectivity index (χ0) is 14.0. The van der Waals surface area contributed by atoms with Crippen LogP contribution in [0, 0.1) is 0 Å². The Kier molecular flexibility index (Phi) is 3.86. The number of benzene rings is 1. The quantitative estimate of drug-likeness (QED) is 0.803. The molecule has 1 atom stereocenters. The van der Waals surface area contributed by atoms with Gasteiger partial charge in [0.2, 0.25) is 0 Å². The van der Waals surface area contributed by atoms with E-state index in [1.807, 2.05) is 0 Å². The van der Waals surface area contributed by atoms with E-state index in [0.717, 1.165) is 6.07 Å². The lowest BCUT2D eigenvalue weighted by atomic mass is 10.1. The molecule has 0 amide bonds. The molecule has 0 aromatic heterocycles. The molecule has 1 aromatic carbocycles. The number of ether oxygens (including phenoxy) is 1. The SMILES string of the molecule is Nc1ccc(N2CCOC(CO)C2)cc1C(F)(F)F. The van der Waals surface area contributed by atoms with Gasteiger partial charge < -0.3 is 20.5 Å². The van der Waals surface area contributed by atoms with E-state index in [4.69, 9.17) is 15.6 Å². The molecule has 1 fully saturated rings. The highest BCUT2D eigenvalue weighted by atomic mass is 19.4. The van der Waals surface area contributed by atoms with Gasteiger partial charge in [0.25, 0.3) is 0 Å². The van der Waals surface area contributed by atoms with Crippen molar-refractivity contribution in [1.82, 2.24) is 0 Å². The number of anilines is 2. The van der Waals surface area contributed by atoms with Crippen LogP contribution in [-0.4, -0.2) is 37.5 Å². The molecule has 0 radical (unpaired) electrons. The second kappa shape index (κ2) is 5.26. The van der Waals surface area contributed by atoms with Crippen molar-refractivity contribution in [3.05, 3.63) is 23.8 Å². The molecule has 0 saturated carbocycles. The number of alkyl halides is 3. The smallest absolute Gasteiger partial charge is 0.398 e. The van der Waals surface area contributed by atoms with Crippen molar-refractivity contribution in [2.75, 3.05) is 36.9 Å². The van der Waals surface area contributed by atoms with Gasteiger partial charge in [0, 0.05) is 24.5 Å². The molecule has 1 saturated heterocycles. The van der Waals surface area contributed by atoms with Crippen LogP contribution in [0.4, 0.5) is 24.5 Å². The molecule has 1 aromatic rings. The van der Waals surface area contributed by atoms with E-state index in [0.29, 0.717) is 25.4 Å². The summed E-state index contributed by atoms with van der Waals surface area (Å²) in [5.41, 5.74) is 4.66. The first-order valence-electron chi connectivity index (χ1n) is 5.86. The first-order valence-corrected chi connectivity index (χ1v) is 5.86. The lowest BCUT2D eigenvalue weighted by Gasteiger charge is -2.34. The third-order valence-corrected chi connectivity index (χ3v) is 3.05. The molecule has 4 nitrogen and oxygen atoms in total. The van der Waals surface area contributed by atoms with Crippen LogP contribution in [0.15, 0.2) is 18.2 Å². The van der Waals surface area contributed by atoms with E-state index in [2.05, 4.69) is 0 Å². The minimum absolute atomic E-state index is 0.155. The van der Waals surface area contributed by atoms with Crippen molar-refractivity contribution in [3.63, 3.8) is 0 Å². The topological polar surface area (TPSA) is 58.7 Å². The van der Waals surface area contributed by atoms with Crippen LogP contribution in [0.25, 0.3) is 0 Å². The monoisotopic (exact) mass is 276 g/mol. The number of hydrogen-bond donors (Lipinski definition) is 2. The van der Waals surface area contributed by atoms with Crippen molar-refractivity contribution in [2.45, 2.75) is 12.3 Å². The van der Waals surface area contributed by atoms with Crippen LogP contribution in [0.5, 0.6) is 0 Å². The molecular weight excluding hydrogens is 261 g/mol. The third-order valence-electron chi connectivity index (χ3n) is 3.05. The molecular formula is C12H15F3N2O2. The number of halogens is 3. The second-order valence-electron chi connectivity index (χ2n) is 4.39. The van der Waals surface area contributed by atoms with Crippen LogP contribution < -0.4 is 10.6 Å². The molecule has 1 aliphatic rings. The van der Waals surface area contributed by atoms with Gasteiger partial charge >= 0.3 is 6.18 Å². The number of nitrogens with two attached hydrogens (primary N) is 1. The third kappa shape index (κ3) is 3.10. The number of nitrogens with zero attached hydrogens (tertiary/aromatic N) is 1. The summed E-state index contributed by atoms with van der Waals surface area (Å²) in [6.07, 6.45) is -4.84. The van der Waals surface area contributed by atoms with Crippen molar-refractivity contribution in [2.24, 2.45) is 0 Å². The maximum Gasteiger partial charge on any atom is 0.418 e. The average molecular weight is 276 g/mol. The Balaban J connectivity index is 2.25. The maximum atomic E-state index is 12.8. The number of hydrogen-bond acceptors (Lipinski definition) is 4. The van der Waals surface area contributed by atoms with Gasteiger partial charge in [0.1, 0.15) is 0 Å². The highest BCUT2D eigenvalue weighted by Gasteiger charge is 2.33. The van der Waals surface area contributed by atoms with Crippen molar-refractivity contribution >= 4 is 11.4 Å². The van der Waals surface area contributed by atoms with Gasteiger partial charge in [-0.2, -0.15) is 13.2 Å². The summed E-state index contributed by atoms with van der Waals surface area (Å²) in [7, 11) is 0. The van der Waals surface area contributed by atoms with Crippen LogP contribution >= 0.6 is 0 Å². The lowest BCUT2D eigenvalue weighted by molar-refractivity contribution is -0.136. The summed E-state index contributed by atoms with van der Waals surface area (Å²) in [5.74, 6) is 0. The lowest BCUT2D eigenvalue weighted by Crippen LogP contribution is -2.44. The summed E-state index contributed by atoms with van der Waals surface area (Å²) in [4.78, 5) is 1.75. The predicted molar refractivity (Wildman–Crippen MR) is 64.9 cm³/mol. The molecule has 7 heteroatoms. The number of rotatable bonds is 2. The molecule has 1 heterocycles. The van der Waals surface area contributed by atoms with Gasteiger partial charge in [-0.3, -0.25) is 0 Å². The Morgan fingerprint density at radius 3 is 2.79 bits per heavy atom. The first kappa shape index (κ1) is 14.0. The summed E-state index contributed by atoms with van der Waals surface area (Å²) < 4.78 is 43.6. The Morgan fingerprint density at radius 2 is 2.16 bits per heavy atom. The van der Waals surface area contributed by atoms with Crippen molar-refractivity contribution < 1.29 is 23.0 Å². The number of aliphatic hydroxyl groups is 1. The minimum atomic E-state index is -4.47. The molecule has 0 bridgehead atoms. The van der Waals surface area contributed by atoms with Crippen LogP contribution in [0.1, 0.15) is 5.56 Å². The standard InChI is InChI=1S/C12H15F3N2O2/c13-12(14,15)10-5-8(1-2-11(10)16)17-3-4-19-9(6-17)7-18/h1-2,5,9,18H,3-4,6-7,16H2. The van der Waals surface area contributed by atoms with Crippen LogP contribution in [0.2, 0.25) is 0 Å². The Bertz CT molecular complexity index is 451. The van der Waals surface area contributed by atoms with E-state index in [1.54, 1.807) is 11.0 Å². The molecule has 106 valence electrons. The Hall–Kier alpha value is -1.47. The maximum absolute atomic E-state index is 12.8. The van der Waals surface area contributed by atoms with E-state index < -0.39 is 11.7 Å². The normalized spacial score (nSPS) is 20.6. The van der Waals surface area contributed by atoms with Crippen LogP contribution in [0.3, 0.4) is 0 Å². The molecule has 2 rings (SSSR count). The van der Waals surface area contributed by atoms with Crippen molar-refractivity contribution in [3.8, 4) is 0 Å². The number of morpholine rings is 1. The first-order chi connectivity index (χ1) is 8.91. The highest BCUT2D eigenvalue weighted by Crippen LogP contribution is 2.36. The summed E-state index contributed by atoms with van der Waals surface area (Å²) in [6, 6.07) is 3.83. The van der Waals surface area contributed by atoms with Crippen LogP contribution in [-0.2, 0) is 10.9 Å². The summed E-state index contributed by atoms with van der Waals surface area (Å²) in [5, 5.41) is 9.03. The molecule has 19 heavy (non-hydrogen) atoms. The zero-order valence-electron chi connectivity index (χ0n) is 10.2. The second-order valence-corrected chi connectivity index (χ2v) is 4.39. The van der Waals surface area contributed by atoms with Gasteiger partial charge in [-0.05, 0) is 18.2 Å². The van der Waals surface area contributed by atoms with Gasteiger partial charge in [0.05, 0.1) is 24.9 Å². The number of aliphatic hydroxyl groups excluding tert-OH is 1. The minimum Gasteiger partial charge on any atom is -0.398 e. The number of nitrogen functional groups attached to an aromatic ring is 1. The zero-order valence-corrected chi connectivity index (χ0v) is 10.2. The molecule has 1 aliphatic heterocycles. The summed E-state index contributed by atoms with van der Waals surface area (Å²) >= 11 is 0. The van der Waals surface area contributed by atoms with E-state index >= 15 is 0 Å². The van der Waals surface area contributed by atoms with E-state index in [9.17, 15) is 13.2 Å². The largest absolute Gasteiger partial charge is 0.418 e. The average Bonchev–Trinajstić information content (AvgIpc) is 2.38. The Morgan fingerprint density at radius 1 is 1.42 bits per heavy atom. The predicted octanol–water partition coefficient (Wildman–Crippen LogP) is 1.49. The summed E-state index contributed by atoms with van der Waals surface area (Å²) in [6.45, 7) is 1.06. The van der Waals surface area contributed by atoms with Gasteiger partial charge in [-0.15, -0.1) is 0 Å². The molecule has 1 unspecified atom stereocenters.